The molecule has 6 heteroatoms. The molecule has 0 aromatic heterocycles. The lowest BCUT2D eigenvalue weighted by atomic mass is 9.95. The largest absolute Gasteiger partial charge is 0.396 e. The lowest BCUT2D eigenvalue weighted by molar-refractivity contribution is 0.171. The molecule has 0 atom stereocenters. The smallest absolute Gasteiger partial charge is 0.238 e. The minimum Gasteiger partial charge on any atom is -0.396 e. The van der Waals surface area contributed by atoms with E-state index in [1.165, 1.54) is 6.07 Å². The zero-order valence-electron chi connectivity index (χ0n) is 10.9. The summed E-state index contributed by atoms with van der Waals surface area (Å²) in [5.41, 5.74) is 1.02. The molecule has 0 heterocycles. The Bertz CT molecular complexity index is 524. The van der Waals surface area contributed by atoms with Crippen LogP contribution >= 0.6 is 0 Å². The molecule has 0 aliphatic heterocycles. The summed E-state index contributed by atoms with van der Waals surface area (Å²) >= 11 is 0. The predicted octanol–water partition coefficient (Wildman–Crippen LogP) is 1.07. The zero-order chi connectivity index (χ0) is 14.0. The van der Waals surface area contributed by atoms with E-state index in [0.717, 1.165) is 0 Å². The molecule has 0 spiro atoms. The molecular formula is C12H20N2O3S. The molecule has 0 bridgehead atoms. The minimum atomic E-state index is -3.70. The van der Waals surface area contributed by atoms with Crippen molar-refractivity contribution in [2.24, 2.45) is 10.6 Å². The van der Waals surface area contributed by atoms with Gasteiger partial charge in [-0.25, -0.2) is 13.6 Å². The topological polar surface area (TPSA) is 92.4 Å². The molecule has 0 aliphatic carbocycles. The summed E-state index contributed by atoms with van der Waals surface area (Å²) in [6.07, 6.45) is 0. The van der Waals surface area contributed by atoms with Gasteiger partial charge in [-0.2, -0.15) is 0 Å². The standard InChI is InChI=1S/C12H20N2O3S/c1-9-4-5-10(6-11(9)18(13,16)17)14-7-12(2,3)8-15/h4-6,14-15H,7-8H2,1-3H3,(H2,13,16,17). The third-order valence-corrected chi connectivity index (χ3v) is 3.75. The van der Waals surface area contributed by atoms with Crippen LogP contribution in [0.4, 0.5) is 5.69 Å². The highest BCUT2D eigenvalue weighted by atomic mass is 32.2. The van der Waals surface area contributed by atoms with E-state index < -0.39 is 10.0 Å². The molecule has 5 nitrogen and oxygen atoms in total. The highest BCUT2D eigenvalue weighted by Crippen LogP contribution is 2.21. The molecule has 0 radical (unpaired) electrons. The molecular weight excluding hydrogens is 252 g/mol. The monoisotopic (exact) mass is 272 g/mol. The number of hydrogen-bond donors (Lipinski definition) is 3. The van der Waals surface area contributed by atoms with Crippen molar-refractivity contribution in [2.75, 3.05) is 18.5 Å². The fourth-order valence-electron chi connectivity index (χ4n) is 1.41. The highest BCUT2D eigenvalue weighted by molar-refractivity contribution is 7.89. The summed E-state index contributed by atoms with van der Waals surface area (Å²) in [6, 6.07) is 5.00. The minimum absolute atomic E-state index is 0.0495. The maximum absolute atomic E-state index is 11.4. The van der Waals surface area contributed by atoms with Crippen LogP contribution < -0.4 is 10.5 Å². The van der Waals surface area contributed by atoms with E-state index in [1.54, 1.807) is 19.1 Å². The highest BCUT2D eigenvalue weighted by Gasteiger charge is 2.17. The molecule has 0 amide bonds. The van der Waals surface area contributed by atoms with E-state index in [-0.39, 0.29) is 16.9 Å². The van der Waals surface area contributed by atoms with E-state index in [4.69, 9.17) is 10.2 Å². The van der Waals surface area contributed by atoms with Crippen LogP contribution in [-0.4, -0.2) is 26.7 Å². The molecule has 1 aromatic carbocycles. The Morgan fingerprint density at radius 3 is 2.50 bits per heavy atom. The van der Waals surface area contributed by atoms with E-state index in [1.807, 2.05) is 13.8 Å². The van der Waals surface area contributed by atoms with E-state index >= 15 is 0 Å². The van der Waals surface area contributed by atoms with Gasteiger partial charge in [0.1, 0.15) is 0 Å². The van der Waals surface area contributed by atoms with Crippen LogP contribution in [0.2, 0.25) is 0 Å². The summed E-state index contributed by atoms with van der Waals surface area (Å²) in [7, 11) is -3.70. The number of hydrogen-bond acceptors (Lipinski definition) is 4. The molecule has 102 valence electrons. The van der Waals surface area contributed by atoms with Crippen molar-refractivity contribution < 1.29 is 13.5 Å². The second-order valence-electron chi connectivity index (χ2n) is 5.20. The van der Waals surface area contributed by atoms with Crippen molar-refractivity contribution in [3.05, 3.63) is 23.8 Å². The average Bonchev–Trinajstić information content (AvgIpc) is 2.26. The molecule has 0 fully saturated rings. The number of primary sulfonamides is 1. The van der Waals surface area contributed by atoms with E-state index in [0.29, 0.717) is 17.8 Å². The molecule has 0 saturated carbocycles. The number of rotatable bonds is 5. The fraction of sp³-hybridized carbons (Fsp3) is 0.500. The van der Waals surface area contributed by atoms with Crippen LogP contribution in [0.3, 0.4) is 0 Å². The van der Waals surface area contributed by atoms with Crippen LogP contribution in [0.15, 0.2) is 23.1 Å². The SMILES string of the molecule is Cc1ccc(NCC(C)(C)CO)cc1S(N)(=O)=O. The maximum Gasteiger partial charge on any atom is 0.238 e. The Hall–Kier alpha value is -1.11. The molecule has 1 rings (SSSR count). The van der Waals surface area contributed by atoms with Gasteiger partial charge in [0, 0.05) is 24.3 Å². The number of aryl methyl sites for hydroxylation is 1. The number of nitrogens with two attached hydrogens (primary N) is 1. The van der Waals surface area contributed by atoms with Crippen molar-refractivity contribution >= 4 is 15.7 Å². The van der Waals surface area contributed by atoms with Gasteiger partial charge in [-0.1, -0.05) is 19.9 Å². The number of anilines is 1. The quantitative estimate of drug-likeness (QED) is 0.747. The van der Waals surface area contributed by atoms with Crippen molar-refractivity contribution in [1.82, 2.24) is 0 Å². The van der Waals surface area contributed by atoms with Gasteiger partial charge in [0.2, 0.25) is 10.0 Å². The van der Waals surface area contributed by atoms with Crippen LogP contribution in [0.25, 0.3) is 0 Å². The Labute approximate surface area is 108 Å². The van der Waals surface area contributed by atoms with Gasteiger partial charge in [-0.05, 0) is 24.6 Å². The van der Waals surface area contributed by atoms with Gasteiger partial charge in [0.25, 0.3) is 0 Å². The van der Waals surface area contributed by atoms with Crippen LogP contribution in [0.5, 0.6) is 0 Å². The van der Waals surface area contributed by atoms with Crippen molar-refractivity contribution in [3.63, 3.8) is 0 Å². The third-order valence-electron chi connectivity index (χ3n) is 2.69. The maximum atomic E-state index is 11.4. The number of aliphatic hydroxyl groups excluding tert-OH is 1. The summed E-state index contributed by atoms with van der Waals surface area (Å²) in [6.45, 7) is 6.11. The lowest BCUT2D eigenvalue weighted by Gasteiger charge is -2.22. The Balaban J connectivity index is 2.94. The van der Waals surface area contributed by atoms with Crippen LogP contribution in [-0.2, 0) is 10.0 Å². The summed E-state index contributed by atoms with van der Waals surface area (Å²) < 4.78 is 22.7. The summed E-state index contributed by atoms with van der Waals surface area (Å²) in [5, 5.41) is 17.4. The number of aliphatic hydroxyl groups is 1. The van der Waals surface area contributed by atoms with Crippen molar-refractivity contribution in [2.45, 2.75) is 25.7 Å². The van der Waals surface area contributed by atoms with Gasteiger partial charge in [-0.15, -0.1) is 0 Å². The average molecular weight is 272 g/mol. The zero-order valence-corrected chi connectivity index (χ0v) is 11.7. The molecule has 0 aliphatic rings. The summed E-state index contributed by atoms with van der Waals surface area (Å²) in [5.74, 6) is 0. The lowest BCUT2D eigenvalue weighted by Crippen LogP contribution is -2.26. The first-order valence-corrected chi connectivity index (χ1v) is 7.18. The van der Waals surface area contributed by atoms with Gasteiger partial charge >= 0.3 is 0 Å². The van der Waals surface area contributed by atoms with E-state index in [9.17, 15) is 8.42 Å². The number of nitrogens with one attached hydrogen (secondary N) is 1. The van der Waals surface area contributed by atoms with E-state index in [2.05, 4.69) is 5.32 Å². The number of benzene rings is 1. The molecule has 1 aromatic rings. The Kier molecular flexibility index (Phi) is 4.37. The molecule has 18 heavy (non-hydrogen) atoms. The fourth-order valence-corrected chi connectivity index (χ4v) is 2.22. The normalized spacial score (nSPS) is 12.5. The second kappa shape index (κ2) is 5.26. The third kappa shape index (κ3) is 3.97. The first kappa shape index (κ1) is 14.9. The first-order valence-electron chi connectivity index (χ1n) is 5.64. The molecule has 0 unspecified atom stereocenters. The molecule has 4 N–H and O–H groups in total. The second-order valence-corrected chi connectivity index (χ2v) is 6.73. The Morgan fingerprint density at radius 1 is 1.39 bits per heavy atom. The van der Waals surface area contributed by atoms with Gasteiger partial charge in [0.15, 0.2) is 0 Å². The van der Waals surface area contributed by atoms with Crippen LogP contribution in [0.1, 0.15) is 19.4 Å². The van der Waals surface area contributed by atoms with Gasteiger partial charge < -0.3 is 10.4 Å². The van der Waals surface area contributed by atoms with Crippen molar-refractivity contribution in [1.29, 1.82) is 0 Å². The Morgan fingerprint density at radius 2 is 2.00 bits per heavy atom. The predicted molar refractivity (Wildman–Crippen MR) is 71.9 cm³/mol. The molecule has 0 saturated heterocycles. The van der Waals surface area contributed by atoms with Gasteiger partial charge in [-0.3, -0.25) is 0 Å². The number of sulfonamides is 1. The van der Waals surface area contributed by atoms with Crippen molar-refractivity contribution in [3.8, 4) is 0 Å². The van der Waals surface area contributed by atoms with Gasteiger partial charge in [0.05, 0.1) is 4.90 Å². The van der Waals surface area contributed by atoms with Crippen LogP contribution in [0, 0.1) is 12.3 Å². The first-order chi connectivity index (χ1) is 8.15. The summed E-state index contributed by atoms with van der Waals surface area (Å²) in [4.78, 5) is 0.120.